The van der Waals surface area contributed by atoms with Gasteiger partial charge >= 0.3 is 12.1 Å². The summed E-state index contributed by atoms with van der Waals surface area (Å²) >= 11 is 0. The molecular weight excluding hydrogens is 201 g/mol. The van der Waals surface area contributed by atoms with Gasteiger partial charge in [-0.2, -0.15) is 13.2 Å². The first-order valence-corrected chi connectivity index (χ1v) is 3.94. The number of halogens is 3. The van der Waals surface area contributed by atoms with E-state index in [0.717, 1.165) is 7.11 Å². The summed E-state index contributed by atoms with van der Waals surface area (Å²) in [6, 6.07) is -2.99. The van der Waals surface area contributed by atoms with Crippen LogP contribution in [0.1, 0.15) is 12.8 Å². The monoisotopic (exact) mass is 214 g/mol. The Morgan fingerprint density at radius 3 is 2.21 bits per heavy atom. The summed E-state index contributed by atoms with van der Waals surface area (Å²) in [6.07, 6.45) is -4.98. The van der Waals surface area contributed by atoms with Gasteiger partial charge in [0.25, 0.3) is 0 Å². The zero-order valence-electron chi connectivity index (χ0n) is 7.67. The van der Waals surface area contributed by atoms with Gasteiger partial charge in [-0.15, -0.1) is 0 Å². The fraction of sp³-hybridized carbons (Fsp3) is 0.857. The molecule has 7 heteroatoms. The number of methoxy groups -OCH3 is 1. The first-order chi connectivity index (χ1) is 6.29. The lowest BCUT2D eigenvalue weighted by atomic mass is 10.1. The minimum absolute atomic E-state index is 0.145. The van der Waals surface area contributed by atoms with E-state index in [-0.39, 0.29) is 12.8 Å². The van der Waals surface area contributed by atoms with Crippen LogP contribution < -0.4 is 11.5 Å². The highest BCUT2D eigenvalue weighted by atomic mass is 19.4. The Kier molecular flexibility index (Phi) is 4.86. The molecule has 0 aromatic carbocycles. The van der Waals surface area contributed by atoms with Gasteiger partial charge in [0.15, 0.2) is 0 Å². The summed E-state index contributed by atoms with van der Waals surface area (Å²) in [4.78, 5) is 10.7. The molecule has 2 atom stereocenters. The van der Waals surface area contributed by atoms with E-state index < -0.39 is 24.2 Å². The molecule has 0 radical (unpaired) electrons. The number of hydrogen-bond acceptors (Lipinski definition) is 4. The van der Waals surface area contributed by atoms with Crippen LogP contribution in [0.5, 0.6) is 0 Å². The van der Waals surface area contributed by atoms with Crippen molar-refractivity contribution in [3.63, 3.8) is 0 Å². The van der Waals surface area contributed by atoms with Crippen molar-refractivity contribution >= 4 is 5.97 Å². The van der Waals surface area contributed by atoms with Crippen LogP contribution in [-0.4, -0.2) is 31.3 Å². The van der Waals surface area contributed by atoms with Crippen molar-refractivity contribution in [2.45, 2.75) is 31.1 Å². The average Bonchev–Trinajstić information content (AvgIpc) is 2.10. The molecule has 0 rings (SSSR count). The first kappa shape index (κ1) is 13.2. The summed E-state index contributed by atoms with van der Waals surface area (Å²) in [7, 11) is 1.12. The number of carbonyl (C=O) groups is 1. The topological polar surface area (TPSA) is 78.3 Å². The number of nitrogens with two attached hydrogens (primary N) is 2. The summed E-state index contributed by atoms with van der Waals surface area (Å²) < 4.78 is 39.9. The van der Waals surface area contributed by atoms with Gasteiger partial charge in [-0.05, 0) is 12.8 Å². The van der Waals surface area contributed by atoms with Crippen molar-refractivity contribution in [1.82, 2.24) is 0 Å². The zero-order valence-corrected chi connectivity index (χ0v) is 7.67. The molecule has 4 nitrogen and oxygen atoms in total. The molecule has 84 valence electrons. The maximum absolute atomic E-state index is 11.9. The molecule has 0 amide bonds. The average molecular weight is 214 g/mol. The molecule has 0 saturated carbocycles. The normalized spacial score (nSPS) is 16.1. The van der Waals surface area contributed by atoms with Crippen LogP contribution in [0, 0.1) is 0 Å². The Morgan fingerprint density at radius 2 is 1.86 bits per heavy atom. The van der Waals surface area contributed by atoms with Crippen molar-refractivity contribution in [2.75, 3.05) is 7.11 Å². The Bertz CT molecular complexity index is 196. The largest absolute Gasteiger partial charge is 0.468 e. The van der Waals surface area contributed by atoms with Gasteiger partial charge in [-0.3, -0.25) is 4.79 Å². The highest BCUT2D eigenvalue weighted by molar-refractivity contribution is 5.75. The highest BCUT2D eigenvalue weighted by Gasteiger charge is 2.36. The van der Waals surface area contributed by atoms with E-state index in [9.17, 15) is 18.0 Å². The fourth-order valence-electron chi connectivity index (χ4n) is 0.792. The van der Waals surface area contributed by atoms with E-state index in [1.54, 1.807) is 0 Å². The molecule has 0 unspecified atom stereocenters. The van der Waals surface area contributed by atoms with E-state index >= 15 is 0 Å². The molecule has 0 aliphatic rings. The summed E-state index contributed by atoms with van der Waals surface area (Å²) in [5, 5.41) is 0. The van der Waals surface area contributed by atoms with Gasteiger partial charge in [-0.25, -0.2) is 0 Å². The van der Waals surface area contributed by atoms with Gasteiger partial charge in [0.2, 0.25) is 0 Å². The Balaban J connectivity index is 3.89. The van der Waals surface area contributed by atoms with Crippen molar-refractivity contribution < 1.29 is 22.7 Å². The number of hydrogen-bond donors (Lipinski definition) is 2. The Hall–Kier alpha value is -0.820. The van der Waals surface area contributed by atoms with E-state index in [2.05, 4.69) is 4.74 Å². The maximum atomic E-state index is 11.9. The molecule has 14 heavy (non-hydrogen) atoms. The number of ether oxygens (including phenoxy) is 1. The smallest absolute Gasteiger partial charge is 0.403 e. The summed E-state index contributed by atoms with van der Waals surface area (Å²) in [5.74, 6) is -0.737. The lowest BCUT2D eigenvalue weighted by molar-refractivity contribution is -0.151. The third-order valence-electron chi connectivity index (χ3n) is 1.71. The number of esters is 1. The molecule has 0 aromatic rings. The molecule has 0 fully saturated rings. The third kappa shape index (κ3) is 4.43. The number of rotatable bonds is 4. The van der Waals surface area contributed by atoms with E-state index in [1.165, 1.54) is 0 Å². The minimum atomic E-state index is -4.45. The van der Waals surface area contributed by atoms with Crippen molar-refractivity contribution in [3.05, 3.63) is 0 Å². The molecular formula is C7H13F3N2O2. The van der Waals surface area contributed by atoms with Gasteiger partial charge in [0.05, 0.1) is 7.11 Å². The standard InChI is InChI=1S/C7H13F3N2O2/c1-14-6(13)4(11)2-3-5(12)7(8,9)10/h4-5H,2-3,11-12H2,1H3/t4-,5-/m1/s1. The number of carbonyl (C=O) groups excluding carboxylic acids is 1. The van der Waals surface area contributed by atoms with Gasteiger partial charge in [0, 0.05) is 0 Å². The zero-order chi connectivity index (χ0) is 11.4. The van der Waals surface area contributed by atoms with Crippen LogP contribution in [0.15, 0.2) is 0 Å². The lowest BCUT2D eigenvalue weighted by Gasteiger charge is -2.16. The molecule has 0 spiro atoms. The summed E-state index contributed by atoms with van der Waals surface area (Å²) in [6.45, 7) is 0. The van der Waals surface area contributed by atoms with Crippen LogP contribution in [-0.2, 0) is 9.53 Å². The van der Waals surface area contributed by atoms with Crippen molar-refractivity contribution in [3.8, 4) is 0 Å². The quantitative estimate of drug-likeness (QED) is 0.653. The second-order valence-corrected chi connectivity index (χ2v) is 2.86. The third-order valence-corrected chi connectivity index (χ3v) is 1.71. The second-order valence-electron chi connectivity index (χ2n) is 2.86. The molecule has 0 aliphatic heterocycles. The van der Waals surface area contributed by atoms with Crippen LogP contribution >= 0.6 is 0 Å². The van der Waals surface area contributed by atoms with Gasteiger partial charge < -0.3 is 16.2 Å². The van der Waals surface area contributed by atoms with Crippen LogP contribution in [0.25, 0.3) is 0 Å². The lowest BCUT2D eigenvalue weighted by Crippen LogP contribution is -2.40. The molecule has 4 N–H and O–H groups in total. The Morgan fingerprint density at radius 1 is 1.36 bits per heavy atom. The maximum Gasteiger partial charge on any atom is 0.403 e. The summed E-state index contributed by atoms with van der Waals surface area (Å²) in [5.41, 5.74) is 10.0. The van der Waals surface area contributed by atoms with Crippen LogP contribution in [0.3, 0.4) is 0 Å². The predicted octanol–water partition coefficient (Wildman–Crippen LogP) is 0.156. The van der Waals surface area contributed by atoms with E-state index in [1.807, 2.05) is 0 Å². The molecule has 0 bridgehead atoms. The Labute approximate surface area is 79.4 Å². The molecule has 0 aliphatic carbocycles. The molecule has 0 aromatic heterocycles. The van der Waals surface area contributed by atoms with Crippen LogP contribution in [0.4, 0.5) is 13.2 Å². The van der Waals surface area contributed by atoms with E-state index in [0.29, 0.717) is 0 Å². The van der Waals surface area contributed by atoms with Crippen LogP contribution in [0.2, 0.25) is 0 Å². The molecule has 0 saturated heterocycles. The SMILES string of the molecule is COC(=O)[C@H](N)CC[C@@H](N)C(F)(F)F. The minimum Gasteiger partial charge on any atom is -0.468 e. The second kappa shape index (κ2) is 5.16. The fourth-order valence-corrected chi connectivity index (χ4v) is 0.792. The van der Waals surface area contributed by atoms with Gasteiger partial charge in [0.1, 0.15) is 12.1 Å². The number of alkyl halides is 3. The van der Waals surface area contributed by atoms with E-state index in [4.69, 9.17) is 11.5 Å². The van der Waals surface area contributed by atoms with Crippen molar-refractivity contribution in [1.29, 1.82) is 0 Å². The predicted molar refractivity (Wildman–Crippen MR) is 43.3 cm³/mol. The first-order valence-electron chi connectivity index (χ1n) is 3.94. The van der Waals surface area contributed by atoms with Gasteiger partial charge in [-0.1, -0.05) is 0 Å². The van der Waals surface area contributed by atoms with Crippen molar-refractivity contribution in [2.24, 2.45) is 11.5 Å². The highest BCUT2D eigenvalue weighted by Crippen LogP contribution is 2.21. The molecule has 0 heterocycles.